The van der Waals surface area contributed by atoms with Gasteiger partial charge in [0.15, 0.2) is 16.7 Å². The van der Waals surface area contributed by atoms with Crippen LogP contribution in [-0.2, 0) is 0 Å². The highest BCUT2D eigenvalue weighted by Crippen LogP contribution is 2.50. The zero-order valence-corrected chi connectivity index (χ0v) is 44.9. The Morgan fingerprint density at radius 2 is 0.821 bits per heavy atom. The number of thiophene rings is 1. The van der Waals surface area contributed by atoms with E-state index >= 15 is 0 Å². The molecule has 0 bridgehead atoms. The predicted molar refractivity (Wildman–Crippen MR) is 339 cm³/mol. The molecule has 0 unspecified atom stereocenters. The summed E-state index contributed by atoms with van der Waals surface area (Å²) < 4.78 is 35.4. The maximum Gasteiger partial charge on any atom is 0.161 e. The molecule has 0 aliphatic carbocycles. The van der Waals surface area contributed by atoms with Crippen LogP contribution in [0.15, 0.2) is 254 Å². The van der Waals surface area contributed by atoms with Crippen molar-refractivity contribution in [2.24, 2.45) is 0 Å². The fourth-order valence-electron chi connectivity index (χ4n) is 13.1. The zero-order chi connectivity index (χ0) is 54.7. The number of rotatable bonds is 7. The van der Waals surface area contributed by atoms with Gasteiger partial charge in [-0.05, 0) is 144 Å². The third-order valence-electron chi connectivity index (χ3n) is 16.8. The van der Waals surface area contributed by atoms with Crippen LogP contribution in [0.5, 0.6) is 0 Å². The van der Waals surface area contributed by atoms with Crippen LogP contribution in [0.3, 0.4) is 0 Å². The molecule has 0 amide bonds. The van der Waals surface area contributed by atoms with Gasteiger partial charge in [0.1, 0.15) is 44.8 Å². The maximum atomic E-state index is 7.08. The average molecular weight is 1100 g/mol. The summed E-state index contributed by atoms with van der Waals surface area (Å²) >= 11 is 1.81. The zero-order valence-electron chi connectivity index (χ0n) is 44.1. The van der Waals surface area contributed by atoms with Gasteiger partial charge in [-0.25, -0.2) is 0 Å². The molecule has 0 aliphatic rings. The van der Waals surface area contributed by atoms with E-state index in [0.29, 0.717) is 5.58 Å². The molecule has 0 saturated heterocycles. The summed E-state index contributed by atoms with van der Waals surface area (Å²) in [5.74, 6) is 0. The predicted octanol–water partition coefficient (Wildman–Crippen LogP) is 20.9. The standard InChI is InChI=1S/C72H38N6O5S/c1-2-12-66-48(6-1)69-56(10-5-13-67(69)84-66)77(39-14-19-58-50(32-39)44-24-28-75-38-65(44)81-58)40-17-22-61-51(33-40)47-25-31-76-70(72(47)82-61)46-8-3-7-45-43(46)18-23-64-68(45)49-9-4-11-57(71(49)83-64)78(41-15-20-59-52(34-41)54-36-73-29-26-62(54)79-59)42-16-21-60-53(35-42)55-37-74-30-27-63(55)80-60/h1-38H. The molecule has 0 radical (unpaired) electrons. The van der Waals surface area contributed by atoms with Crippen molar-refractivity contribution in [1.29, 1.82) is 0 Å². The molecule has 0 spiro atoms. The molecule has 0 N–H and O–H groups in total. The largest absolute Gasteiger partial charge is 0.456 e. The Kier molecular flexibility index (Phi) is 9.24. The van der Waals surface area contributed by atoms with E-state index in [1.165, 1.54) is 20.2 Å². The number of hydrogen-bond acceptors (Lipinski definition) is 12. The molecule has 0 saturated carbocycles. The summed E-state index contributed by atoms with van der Waals surface area (Å²) in [6, 6.07) is 65.7. The first-order chi connectivity index (χ1) is 41.6. The number of para-hydroxylation sites is 1. The molecule has 11 nitrogen and oxygen atoms in total. The number of anilines is 6. The van der Waals surface area contributed by atoms with Crippen molar-refractivity contribution in [3.63, 3.8) is 0 Å². The smallest absolute Gasteiger partial charge is 0.161 e. The van der Waals surface area contributed by atoms with Crippen LogP contribution in [0.2, 0.25) is 0 Å². The third kappa shape index (κ3) is 6.50. The van der Waals surface area contributed by atoms with Gasteiger partial charge in [0.05, 0.1) is 17.6 Å². The number of fused-ring (bicyclic) bond motifs is 20. The number of benzene rings is 9. The van der Waals surface area contributed by atoms with Gasteiger partial charge in [-0.3, -0.25) is 19.9 Å². The number of nitrogens with zero attached hydrogens (tertiary/aromatic N) is 6. The fourth-order valence-corrected chi connectivity index (χ4v) is 14.2. The van der Waals surface area contributed by atoms with Crippen molar-refractivity contribution in [2.45, 2.75) is 0 Å². The van der Waals surface area contributed by atoms with E-state index in [0.717, 1.165) is 160 Å². The van der Waals surface area contributed by atoms with Crippen molar-refractivity contribution in [2.75, 3.05) is 9.80 Å². The lowest BCUT2D eigenvalue weighted by atomic mass is 9.97. The molecule has 10 heterocycles. The van der Waals surface area contributed by atoms with E-state index in [4.69, 9.17) is 27.1 Å². The first kappa shape index (κ1) is 45.4. The van der Waals surface area contributed by atoms with E-state index in [9.17, 15) is 0 Å². The second-order valence-electron chi connectivity index (χ2n) is 21.3. The molecule has 12 heteroatoms. The minimum Gasteiger partial charge on any atom is -0.456 e. The quantitative estimate of drug-likeness (QED) is 0.151. The Morgan fingerprint density at radius 3 is 1.56 bits per heavy atom. The topological polar surface area (TPSA) is 124 Å². The van der Waals surface area contributed by atoms with E-state index in [1.807, 2.05) is 66.5 Å². The number of furan rings is 5. The number of hydrogen-bond donors (Lipinski definition) is 0. The summed E-state index contributed by atoms with van der Waals surface area (Å²) in [5, 5.41) is 14.2. The van der Waals surface area contributed by atoms with Crippen LogP contribution in [0.4, 0.5) is 34.1 Å². The molecular weight excluding hydrogens is 1060 g/mol. The van der Waals surface area contributed by atoms with Crippen LogP contribution in [0, 0.1) is 0 Å². The highest BCUT2D eigenvalue weighted by molar-refractivity contribution is 7.26. The van der Waals surface area contributed by atoms with Crippen molar-refractivity contribution < 1.29 is 22.1 Å². The number of pyridine rings is 4. The van der Waals surface area contributed by atoms with Gasteiger partial charge < -0.3 is 31.9 Å². The molecular formula is C72H38N6O5S. The van der Waals surface area contributed by atoms with Crippen LogP contribution < -0.4 is 9.80 Å². The van der Waals surface area contributed by atoms with Gasteiger partial charge >= 0.3 is 0 Å². The lowest BCUT2D eigenvalue weighted by molar-refractivity contribution is 0.666. The van der Waals surface area contributed by atoms with Gasteiger partial charge in [-0.15, -0.1) is 11.3 Å². The second kappa shape index (κ2) is 17.1. The highest BCUT2D eigenvalue weighted by atomic mass is 32.1. The molecule has 0 aliphatic heterocycles. The summed E-state index contributed by atoms with van der Waals surface area (Å²) in [6.45, 7) is 0. The maximum absolute atomic E-state index is 7.08. The first-order valence-corrected chi connectivity index (χ1v) is 28.4. The summed E-state index contributed by atoms with van der Waals surface area (Å²) in [5.41, 5.74) is 15.1. The van der Waals surface area contributed by atoms with Crippen LogP contribution in [-0.4, -0.2) is 19.9 Å². The third-order valence-corrected chi connectivity index (χ3v) is 17.9. The van der Waals surface area contributed by atoms with Gasteiger partial charge in [-0.1, -0.05) is 54.6 Å². The first-order valence-electron chi connectivity index (χ1n) is 27.6. The lowest BCUT2D eigenvalue weighted by Crippen LogP contribution is -2.10. The second-order valence-corrected chi connectivity index (χ2v) is 22.4. The van der Waals surface area contributed by atoms with E-state index in [2.05, 4.69) is 182 Å². The molecule has 9 aromatic carbocycles. The summed E-state index contributed by atoms with van der Waals surface area (Å²) in [6.07, 6.45) is 12.7. The molecule has 392 valence electrons. The molecule has 0 atom stereocenters. The van der Waals surface area contributed by atoms with Crippen molar-refractivity contribution in [3.8, 4) is 11.3 Å². The molecule has 84 heavy (non-hydrogen) atoms. The van der Waals surface area contributed by atoms with Crippen LogP contribution in [0.1, 0.15) is 0 Å². The highest BCUT2D eigenvalue weighted by Gasteiger charge is 2.26. The minimum absolute atomic E-state index is 0.709. The lowest BCUT2D eigenvalue weighted by Gasteiger charge is -2.26. The van der Waals surface area contributed by atoms with Gasteiger partial charge in [0.2, 0.25) is 0 Å². The molecule has 10 aromatic heterocycles. The van der Waals surface area contributed by atoms with Crippen molar-refractivity contribution >= 4 is 186 Å². The Bertz CT molecular complexity index is 5890. The van der Waals surface area contributed by atoms with Gasteiger partial charge in [0, 0.05) is 140 Å². The summed E-state index contributed by atoms with van der Waals surface area (Å²) in [4.78, 5) is 23.0. The van der Waals surface area contributed by atoms with Crippen LogP contribution >= 0.6 is 11.3 Å². The van der Waals surface area contributed by atoms with E-state index in [1.54, 1.807) is 18.6 Å². The normalized spacial score (nSPS) is 12.3. The fraction of sp³-hybridized carbons (Fsp3) is 0. The molecule has 0 fully saturated rings. The molecule has 19 rings (SSSR count). The van der Waals surface area contributed by atoms with Gasteiger partial charge in [0.25, 0.3) is 0 Å². The Labute approximate surface area is 478 Å². The monoisotopic (exact) mass is 1100 g/mol. The van der Waals surface area contributed by atoms with Crippen molar-refractivity contribution in [3.05, 3.63) is 231 Å². The SMILES string of the molecule is c1ccc2c(c1)sc1cccc(N(c3ccc4oc5cnccc5c4c3)c3ccc4oc5c(-c6cccc7c6ccc6oc8c(N(c9ccc%10oc%11ccncc%11c%10c9)c9ccc%10oc%11ccncc%11c%10c9)cccc8c67)nccc5c4c3)c12. The van der Waals surface area contributed by atoms with Crippen molar-refractivity contribution in [1.82, 2.24) is 19.9 Å². The number of aromatic nitrogens is 4. The molecule has 19 aromatic rings. The van der Waals surface area contributed by atoms with E-state index in [-0.39, 0.29) is 0 Å². The summed E-state index contributed by atoms with van der Waals surface area (Å²) in [7, 11) is 0. The Balaban J connectivity index is 0.776. The Hall–Kier alpha value is -11.3. The average Bonchev–Trinajstić information content (AvgIpc) is 3.88. The van der Waals surface area contributed by atoms with Gasteiger partial charge in [-0.2, -0.15) is 0 Å². The minimum atomic E-state index is 0.709. The van der Waals surface area contributed by atoms with E-state index < -0.39 is 0 Å². The Morgan fingerprint density at radius 1 is 0.298 bits per heavy atom. The van der Waals surface area contributed by atoms with Crippen LogP contribution in [0.25, 0.3) is 152 Å².